The van der Waals surface area contributed by atoms with Gasteiger partial charge < -0.3 is 0 Å². The summed E-state index contributed by atoms with van der Waals surface area (Å²) < 4.78 is 0. The van der Waals surface area contributed by atoms with Crippen molar-refractivity contribution in [1.82, 2.24) is 16.2 Å². The lowest BCUT2D eigenvalue weighted by Gasteiger charge is -2.11. The van der Waals surface area contributed by atoms with Gasteiger partial charge in [0.1, 0.15) is 0 Å². The second-order valence-corrected chi connectivity index (χ2v) is 6.48. The summed E-state index contributed by atoms with van der Waals surface area (Å²) in [5.41, 5.74) is 5.85. The maximum atomic E-state index is 12.2. The molecule has 29 heavy (non-hydrogen) atoms. The Morgan fingerprint density at radius 1 is 0.931 bits per heavy atom. The Labute approximate surface area is 171 Å². The third-order valence-electron chi connectivity index (χ3n) is 4.11. The van der Waals surface area contributed by atoms with Gasteiger partial charge in [0.05, 0.1) is 11.3 Å². The molecule has 0 aliphatic carbocycles. The van der Waals surface area contributed by atoms with Crippen LogP contribution in [-0.2, 0) is 11.2 Å². The van der Waals surface area contributed by atoms with Gasteiger partial charge in [-0.05, 0) is 40.7 Å². The first-order valence-corrected chi connectivity index (χ1v) is 8.96. The number of amides is 2. The zero-order valence-corrected chi connectivity index (χ0v) is 15.9. The second-order valence-electron chi connectivity index (χ2n) is 6.08. The summed E-state index contributed by atoms with van der Waals surface area (Å²) in [4.78, 5) is 34.4. The van der Waals surface area contributed by atoms with Crippen LogP contribution in [0.1, 0.15) is 15.9 Å². The Kier molecular flexibility index (Phi) is 6.10. The molecule has 0 aliphatic heterocycles. The van der Waals surface area contributed by atoms with Crippen LogP contribution in [0.5, 0.6) is 0 Å². The van der Waals surface area contributed by atoms with E-state index in [0.717, 1.165) is 16.3 Å². The van der Waals surface area contributed by atoms with E-state index in [1.165, 1.54) is 24.3 Å². The van der Waals surface area contributed by atoms with Crippen molar-refractivity contribution in [3.8, 4) is 0 Å². The number of nitrogens with one attached hydrogen (secondary N) is 3. The summed E-state index contributed by atoms with van der Waals surface area (Å²) >= 11 is 4.99. The van der Waals surface area contributed by atoms with E-state index in [-0.39, 0.29) is 28.7 Å². The summed E-state index contributed by atoms with van der Waals surface area (Å²) in [6.07, 6.45) is 0.132. The van der Waals surface area contributed by atoms with Gasteiger partial charge in [-0.1, -0.05) is 42.5 Å². The molecule has 146 valence electrons. The molecule has 0 saturated heterocycles. The molecule has 0 aliphatic rings. The molecule has 0 heterocycles. The Morgan fingerprint density at radius 3 is 2.34 bits per heavy atom. The quantitative estimate of drug-likeness (QED) is 0.347. The molecule has 0 aromatic heterocycles. The van der Waals surface area contributed by atoms with Crippen molar-refractivity contribution in [2.75, 3.05) is 0 Å². The maximum absolute atomic E-state index is 12.2. The van der Waals surface area contributed by atoms with Gasteiger partial charge in [0.25, 0.3) is 11.6 Å². The lowest BCUT2D eigenvalue weighted by Crippen LogP contribution is -2.48. The lowest BCUT2D eigenvalue weighted by molar-refractivity contribution is -0.384. The van der Waals surface area contributed by atoms with Crippen LogP contribution in [0.4, 0.5) is 5.69 Å². The number of hydrogen-bond donors (Lipinski definition) is 3. The van der Waals surface area contributed by atoms with Crippen LogP contribution >= 0.6 is 12.2 Å². The van der Waals surface area contributed by atoms with E-state index in [2.05, 4.69) is 16.2 Å². The van der Waals surface area contributed by atoms with Gasteiger partial charge in [-0.15, -0.1) is 0 Å². The predicted octanol–water partition coefficient (Wildman–Crippen LogP) is 2.63. The first kappa shape index (κ1) is 19.9. The average molecular weight is 408 g/mol. The number of nitro groups is 1. The van der Waals surface area contributed by atoms with Crippen molar-refractivity contribution in [2.45, 2.75) is 6.42 Å². The van der Waals surface area contributed by atoms with Gasteiger partial charge in [0, 0.05) is 17.7 Å². The number of rotatable bonds is 4. The predicted molar refractivity (Wildman–Crippen MR) is 112 cm³/mol. The fourth-order valence-electron chi connectivity index (χ4n) is 2.73. The highest BCUT2D eigenvalue weighted by Gasteiger charge is 2.12. The SMILES string of the molecule is O=C(Cc1cccc2ccccc12)NNC(=S)NC(=O)c1ccc([N+](=O)[O-])cc1. The van der Waals surface area contributed by atoms with Crippen molar-refractivity contribution >= 4 is 45.6 Å². The Balaban J connectivity index is 1.52. The van der Waals surface area contributed by atoms with Crippen molar-refractivity contribution in [3.63, 3.8) is 0 Å². The smallest absolute Gasteiger partial charge is 0.269 e. The second kappa shape index (κ2) is 8.89. The van der Waals surface area contributed by atoms with Gasteiger partial charge in [0.2, 0.25) is 5.91 Å². The van der Waals surface area contributed by atoms with Crippen LogP contribution in [0.3, 0.4) is 0 Å². The molecule has 0 unspecified atom stereocenters. The fourth-order valence-corrected chi connectivity index (χ4v) is 2.88. The molecule has 0 spiro atoms. The normalized spacial score (nSPS) is 10.2. The lowest BCUT2D eigenvalue weighted by atomic mass is 10.0. The zero-order chi connectivity index (χ0) is 20.8. The molecule has 2 amide bonds. The summed E-state index contributed by atoms with van der Waals surface area (Å²) in [5.74, 6) is -0.881. The van der Waals surface area contributed by atoms with E-state index in [9.17, 15) is 19.7 Å². The molecular formula is C20H16N4O4S. The molecule has 3 N–H and O–H groups in total. The molecule has 0 atom stereocenters. The number of nitro benzene ring substituents is 1. The number of non-ortho nitro benzene ring substituents is 1. The highest BCUT2D eigenvalue weighted by Crippen LogP contribution is 2.18. The number of fused-ring (bicyclic) bond motifs is 1. The van der Waals surface area contributed by atoms with Crippen LogP contribution in [0.2, 0.25) is 0 Å². The van der Waals surface area contributed by atoms with Crippen LogP contribution in [-0.4, -0.2) is 21.9 Å². The van der Waals surface area contributed by atoms with Crippen molar-refractivity contribution in [2.24, 2.45) is 0 Å². The molecule has 0 saturated carbocycles. The van der Waals surface area contributed by atoms with Gasteiger partial charge in [-0.2, -0.15) is 0 Å². The Hall–Kier alpha value is -3.85. The summed E-state index contributed by atoms with van der Waals surface area (Å²) in [7, 11) is 0. The van der Waals surface area contributed by atoms with Gasteiger partial charge in [-0.25, -0.2) is 0 Å². The van der Waals surface area contributed by atoms with E-state index in [1.807, 2.05) is 42.5 Å². The maximum Gasteiger partial charge on any atom is 0.269 e. The number of nitrogens with zero attached hydrogens (tertiary/aromatic N) is 1. The molecule has 9 heteroatoms. The number of hydrogen-bond acceptors (Lipinski definition) is 5. The average Bonchev–Trinajstić information content (AvgIpc) is 2.72. The molecule has 3 aromatic carbocycles. The summed E-state index contributed by atoms with van der Waals surface area (Å²) in [6.45, 7) is 0. The van der Waals surface area contributed by atoms with Crippen molar-refractivity contribution < 1.29 is 14.5 Å². The highest BCUT2D eigenvalue weighted by molar-refractivity contribution is 7.80. The van der Waals surface area contributed by atoms with Crippen LogP contribution < -0.4 is 16.2 Å². The molecular weight excluding hydrogens is 392 g/mol. The van der Waals surface area contributed by atoms with E-state index < -0.39 is 10.8 Å². The number of hydrazine groups is 1. The topological polar surface area (TPSA) is 113 Å². The minimum Gasteiger partial charge on any atom is -0.298 e. The third-order valence-corrected chi connectivity index (χ3v) is 4.32. The molecule has 0 radical (unpaired) electrons. The summed E-state index contributed by atoms with van der Waals surface area (Å²) in [6, 6.07) is 18.5. The van der Waals surface area contributed by atoms with Crippen LogP contribution in [0.25, 0.3) is 10.8 Å². The molecule has 3 rings (SSSR count). The molecule has 3 aromatic rings. The van der Waals surface area contributed by atoms with E-state index in [0.29, 0.717) is 0 Å². The van der Waals surface area contributed by atoms with E-state index >= 15 is 0 Å². The minimum absolute atomic E-state index is 0.0976. The first-order valence-electron chi connectivity index (χ1n) is 8.55. The molecule has 0 fully saturated rings. The third kappa shape index (κ3) is 5.11. The first-order chi connectivity index (χ1) is 13.9. The monoisotopic (exact) mass is 408 g/mol. The van der Waals surface area contributed by atoms with E-state index in [1.54, 1.807) is 0 Å². The number of benzene rings is 3. The standard InChI is InChI=1S/C20H16N4O4S/c25-18(12-15-6-3-5-13-4-1-2-7-17(13)15)22-23-20(29)21-19(26)14-8-10-16(11-9-14)24(27)28/h1-11H,12H2,(H,22,25)(H2,21,23,26,29). The molecule has 8 nitrogen and oxygen atoms in total. The van der Waals surface area contributed by atoms with Gasteiger partial charge in [-0.3, -0.25) is 35.9 Å². The number of carbonyl (C=O) groups excluding carboxylic acids is 2. The van der Waals surface area contributed by atoms with Crippen LogP contribution in [0, 0.1) is 10.1 Å². The van der Waals surface area contributed by atoms with Crippen molar-refractivity contribution in [1.29, 1.82) is 0 Å². The number of carbonyl (C=O) groups is 2. The summed E-state index contributed by atoms with van der Waals surface area (Å²) in [5, 5.41) is 15.0. The van der Waals surface area contributed by atoms with Gasteiger partial charge in [0.15, 0.2) is 5.11 Å². The van der Waals surface area contributed by atoms with E-state index in [4.69, 9.17) is 12.2 Å². The fraction of sp³-hybridized carbons (Fsp3) is 0.0500. The van der Waals surface area contributed by atoms with Crippen LogP contribution in [0.15, 0.2) is 66.7 Å². The molecule has 0 bridgehead atoms. The minimum atomic E-state index is -0.556. The largest absolute Gasteiger partial charge is 0.298 e. The van der Waals surface area contributed by atoms with Gasteiger partial charge >= 0.3 is 0 Å². The highest BCUT2D eigenvalue weighted by atomic mass is 32.1. The Bertz CT molecular complexity index is 1090. The van der Waals surface area contributed by atoms with Crippen molar-refractivity contribution in [3.05, 3.63) is 88.0 Å². The zero-order valence-electron chi connectivity index (χ0n) is 15.0. The number of thiocarbonyl (C=S) groups is 1. The Morgan fingerprint density at radius 2 is 1.62 bits per heavy atom.